The van der Waals surface area contributed by atoms with Crippen molar-refractivity contribution >= 4 is 29.6 Å². The Morgan fingerprint density at radius 3 is 2.13 bits per heavy atom. The average molecular weight is 521 g/mol. The molecule has 8 nitrogen and oxygen atoms in total. The number of barbiturate groups is 1. The van der Waals surface area contributed by atoms with Gasteiger partial charge >= 0.3 is 6.03 Å². The number of ether oxygens (including phenoxy) is 3. The van der Waals surface area contributed by atoms with E-state index in [0.29, 0.717) is 28.6 Å². The van der Waals surface area contributed by atoms with Gasteiger partial charge in [-0.05, 0) is 54.1 Å². The zero-order valence-corrected chi connectivity index (χ0v) is 21.0. The van der Waals surface area contributed by atoms with Crippen LogP contribution in [0.25, 0.3) is 6.08 Å². The van der Waals surface area contributed by atoms with E-state index in [4.69, 9.17) is 14.2 Å². The number of nitrogens with one attached hydrogen (secondary N) is 1. The number of para-hydroxylation sites is 2. The van der Waals surface area contributed by atoms with Gasteiger partial charge in [-0.3, -0.25) is 14.9 Å². The van der Waals surface area contributed by atoms with Crippen LogP contribution in [0.2, 0.25) is 0 Å². The van der Waals surface area contributed by atoms with Crippen LogP contribution in [-0.2, 0) is 16.2 Å². The third kappa shape index (κ3) is 5.65. The van der Waals surface area contributed by atoms with Crippen LogP contribution in [0, 0.1) is 0 Å². The quantitative estimate of drug-likeness (QED) is 0.235. The summed E-state index contributed by atoms with van der Waals surface area (Å²) in [5.74, 6) is 0.405. The molecule has 4 aromatic rings. The van der Waals surface area contributed by atoms with E-state index >= 15 is 0 Å². The van der Waals surface area contributed by atoms with Crippen LogP contribution in [0.4, 0.5) is 10.5 Å². The van der Waals surface area contributed by atoms with Crippen molar-refractivity contribution in [3.63, 3.8) is 0 Å². The highest BCUT2D eigenvalue weighted by Gasteiger charge is 2.37. The Bertz CT molecular complexity index is 1530. The molecule has 0 spiro atoms. The van der Waals surface area contributed by atoms with E-state index in [1.807, 2.05) is 60.7 Å². The third-order valence-electron chi connectivity index (χ3n) is 5.93. The molecule has 0 radical (unpaired) electrons. The standard InChI is InChI=1S/C31H24N2O6/c1-37-27-14-8-11-22(28(27)38-20-21-9-4-2-5-10-21)19-26-29(34)32-31(36)33(30(26)35)23-15-17-25(18-16-23)39-24-12-6-3-7-13-24/h2-19H,20H2,1H3,(H,32,34,36)/b26-19+. The first-order valence-electron chi connectivity index (χ1n) is 12.1. The molecule has 0 aromatic heterocycles. The highest BCUT2D eigenvalue weighted by atomic mass is 16.5. The highest BCUT2D eigenvalue weighted by molar-refractivity contribution is 6.39. The second kappa shape index (κ2) is 11.4. The zero-order chi connectivity index (χ0) is 27.2. The van der Waals surface area contributed by atoms with Crippen molar-refractivity contribution in [3.8, 4) is 23.0 Å². The van der Waals surface area contributed by atoms with E-state index in [9.17, 15) is 14.4 Å². The first-order chi connectivity index (χ1) is 19.0. The SMILES string of the molecule is COc1cccc(/C=C2\C(=O)NC(=O)N(c3ccc(Oc4ccccc4)cc3)C2=O)c1OCc1ccccc1. The number of carbonyl (C=O) groups is 3. The second-order valence-corrected chi connectivity index (χ2v) is 8.52. The van der Waals surface area contributed by atoms with E-state index in [2.05, 4.69) is 5.32 Å². The summed E-state index contributed by atoms with van der Waals surface area (Å²) in [6.07, 6.45) is 1.40. The van der Waals surface area contributed by atoms with Crippen LogP contribution in [0.1, 0.15) is 11.1 Å². The van der Waals surface area contributed by atoms with Crippen LogP contribution in [0.3, 0.4) is 0 Å². The molecule has 4 aromatic carbocycles. The molecule has 1 fully saturated rings. The van der Waals surface area contributed by atoms with Gasteiger partial charge in [0.2, 0.25) is 0 Å². The lowest BCUT2D eigenvalue weighted by molar-refractivity contribution is -0.122. The summed E-state index contributed by atoms with van der Waals surface area (Å²) in [7, 11) is 1.51. The summed E-state index contributed by atoms with van der Waals surface area (Å²) in [5.41, 5.74) is 1.44. The predicted molar refractivity (Wildman–Crippen MR) is 146 cm³/mol. The minimum absolute atomic E-state index is 0.225. The van der Waals surface area contributed by atoms with Crippen molar-refractivity contribution in [3.05, 3.63) is 120 Å². The van der Waals surface area contributed by atoms with Crippen LogP contribution < -0.4 is 24.4 Å². The van der Waals surface area contributed by atoms with Crippen molar-refractivity contribution in [2.24, 2.45) is 0 Å². The lowest BCUT2D eigenvalue weighted by Crippen LogP contribution is -2.54. The number of urea groups is 1. The minimum atomic E-state index is -0.843. The maximum atomic E-state index is 13.4. The molecular weight excluding hydrogens is 496 g/mol. The van der Waals surface area contributed by atoms with E-state index in [-0.39, 0.29) is 17.9 Å². The number of imide groups is 2. The van der Waals surface area contributed by atoms with Crippen LogP contribution in [0.5, 0.6) is 23.0 Å². The van der Waals surface area contributed by atoms with E-state index in [1.165, 1.54) is 13.2 Å². The topological polar surface area (TPSA) is 94.2 Å². The Kier molecular flexibility index (Phi) is 7.36. The third-order valence-corrected chi connectivity index (χ3v) is 5.93. The van der Waals surface area contributed by atoms with Gasteiger partial charge in [-0.15, -0.1) is 0 Å². The maximum absolute atomic E-state index is 13.4. The molecule has 1 saturated heterocycles. The van der Waals surface area contributed by atoms with Crippen LogP contribution in [-0.4, -0.2) is 25.0 Å². The van der Waals surface area contributed by atoms with E-state index in [0.717, 1.165) is 10.5 Å². The number of methoxy groups -OCH3 is 1. The molecule has 1 aliphatic heterocycles. The van der Waals surface area contributed by atoms with Gasteiger partial charge in [-0.25, -0.2) is 9.69 Å². The molecule has 0 unspecified atom stereocenters. The van der Waals surface area contributed by atoms with Crippen molar-refractivity contribution in [2.75, 3.05) is 12.0 Å². The zero-order valence-electron chi connectivity index (χ0n) is 21.0. The van der Waals surface area contributed by atoms with Crippen LogP contribution in [0.15, 0.2) is 109 Å². The van der Waals surface area contributed by atoms with Crippen molar-refractivity contribution < 1.29 is 28.6 Å². The Morgan fingerprint density at radius 2 is 1.44 bits per heavy atom. The van der Waals surface area contributed by atoms with Crippen molar-refractivity contribution in [1.82, 2.24) is 5.32 Å². The number of carbonyl (C=O) groups excluding carboxylic acids is 3. The van der Waals surface area contributed by atoms with Crippen molar-refractivity contribution in [1.29, 1.82) is 0 Å². The predicted octanol–water partition coefficient (Wildman–Crippen LogP) is 5.73. The Hall–Kier alpha value is -5.37. The number of hydrogen-bond donors (Lipinski definition) is 1. The second-order valence-electron chi connectivity index (χ2n) is 8.52. The highest BCUT2D eigenvalue weighted by Crippen LogP contribution is 2.34. The molecule has 4 amide bonds. The molecule has 1 aliphatic rings. The number of rotatable bonds is 8. The normalized spacial score (nSPS) is 14.2. The van der Waals surface area contributed by atoms with Gasteiger partial charge in [0, 0.05) is 5.56 Å². The van der Waals surface area contributed by atoms with Gasteiger partial charge in [0.05, 0.1) is 12.8 Å². The average Bonchev–Trinajstić information content (AvgIpc) is 2.96. The fourth-order valence-corrected chi connectivity index (χ4v) is 4.03. The molecule has 0 bridgehead atoms. The first-order valence-corrected chi connectivity index (χ1v) is 12.1. The molecular formula is C31H24N2O6. The Balaban J connectivity index is 1.42. The number of nitrogens with zero attached hydrogens (tertiary/aromatic N) is 1. The largest absolute Gasteiger partial charge is 0.493 e. The van der Waals surface area contributed by atoms with Gasteiger partial charge in [-0.1, -0.05) is 60.7 Å². The van der Waals surface area contributed by atoms with E-state index in [1.54, 1.807) is 42.5 Å². The fourth-order valence-electron chi connectivity index (χ4n) is 4.03. The first kappa shape index (κ1) is 25.3. The lowest BCUT2D eigenvalue weighted by Gasteiger charge is -2.26. The number of anilines is 1. The number of benzene rings is 4. The number of amides is 4. The molecule has 1 N–H and O–H groups in total. The smallest absolute Gasteiger partial charge is 0.335 e. The van der Waals surface area contributed by atoms with Gasteiger partial charge in [0.15, 0.2) is 11.5 Å². The van der Waals surface area contributed by atoms with Gasteiger partial charge < -0.3 is 14.2 Å². The van der Waals surface area contributed by atoms with Crippen molar-refractivity contribution in [2.45, 2.75) is 6.61 Å². The molecule has 194 valence electrons. The molecule has 0 aliphatic carbocycles. The summed E-state index contributed by atoms with van der Waals surface area (Å²) in [6, 6.07) is 29.5. The minimum Gasteiger partial charge on any atom is -0.493 e. The molecule has 39 heavy (non-hydrogen) atoms. The molecule has 5 rings (SSSR count). The molecule has 1 heterocycles. The number of hydrogen-bond acceptors (Lipinski definition) is 6. The lowest BCUT2D eigenvalue weighted by atomic mass is 10.1. The Morgan fingerprint density at radius 1 is 0.769 bits per heavy atom. The van der Waals surface area contributed by atoms with Gasteiger partial charge in [-0.2, -0.15) is 0 Å². The summed E-state index contributed by atoms with van der Waals surface area (Å²) in [6.45, 7) is 0.250. The maximum Gasteiger partial charge on any atom is 0.335 e. The molecule has 0 atom stereocenters. The van der Waals surface area contributed by atoms with Crippen LogP contribution >= 0.6 is 0 Å². The summed E-state index contributed by atoms with van der Waals surface area (Å²) in [4.78, 5) is 39.8. The van der Waals surface area contributed by atoms with E-state index < -0.39 is 17.8 Å². The van der Waals surface area contributed by atoms with Gasteiger partial charge in [0.25, 0.3) is 11.8 Å². The van der Waals surface area contributed by atoms with Gasteiger partial charge in [0.1, 0.15) is 23.7 Å². The summed E-state index contributed by atoms with van der Waals surface area (Å²) >= 11 is 0. The molecule has 0 saturated carbocycles. The Labute approximate surface area is 225 Å². The summed E-state index contributed by atoms with van der Waals surface area (Å²) in [5, 5.41) is 2.24. The molecule has 8 heteroatoms. The monoisotopic (exact) mass is 520 g/mol. The fraction of sp³-hybridized carbons (Fsp3) is 0.0645. The summed E-state index contributed by atoms with van der Waals surface area (Å²) < 4.78 is 17.3.